The lowest BCUT2D eigenvalue weighted by Gasteiger charge is -2.13. The van der Waals surface area contributed by atoms with E-state index in [0.717, 1.165) is 22.1 Å². The van der Waals surface area contributed by atoms with Crippen LogP contribution in [0.2, 0.25) is 5.02 Å². The van der Waals surface area contributed by atoms with E-state index < -0.39 is 0 Å². The lowest BCUT2D eigenvalue weighted by molar-refractivity contribution is 0.185. The van der Waals surface area contributed by atoms with Crippen LogP contribution in [0.25, 0.3) is 0 Å². The average Bonchev–Trinajstić information content (AvgIpc) is 2.57. The minimum Gasteiger partial charge on any atom is -0.380 e. The zero-order valence-corrected chi connectivity index (χ0v) is 14.2. The maximum atomic E-state index is 6.16. The van der Waals surface area contributed by atoms with Crippen LogP contribution in [0.15, 0.2) is 53.5 Å². The van der Waals surface area contributed by atoms with Gasteiger partial charge in [-0.1, -0.05) is 54.1 Å². The number of nitrogens with one attached hydrogen (secondary N) is 2. The number of guanidine groups is 1. The first-order valence-electron chi connectivity index (χ1n) is 7.47. The van der Waals surface area contributed by atoms with Gasteiger partial charge in [-0.25, -0.2) is 0 Å². The van der Waals surface area contributed by atoms with Crippen LogP contribution in [0.4, 0.5) is 0 Å². The molecule has 2 N–H and O–H groups in total. The van der Waals surface area contributed by atoms with Crippen LogP contribution in [0.1, 0.15) is 16.7 Å². The van der Waals surface area contributed by atoms with Gasteiger partial charge in [-0.15, -0.1) is 0 Å². The number of ether oxygens (including phenoxy) is 1. The number of methoxy groups -OCH3 is 1. The summed E-state index contributed by atoms with van der Waals surface area (Å²) in [5.74, 6) is 0.738. The summed E-state index contributed by atoms with van der Waals surface area (Å²) < 4.78 is 5.16. The van der Waals surface area contributed by atoms with Crippen molar-refractivity contribution >= 4 is 17.6 Å². The first-order chi connectivity index (χ1) is 11.2. The molecular formula is C18H22ClN3O. The second kappa shape index (κ2) is 9.18. The van der Waals surface area contributed by atoms with Crippen LogP contribution < -0.4 is 10.6 Å². The highest BCUT2D eigenvalue weighted by molar-refractivity contribution is 6.31. The van der Waals surface area contributed by atoms with Gasteiger partial charge in [-0.2, -0.15) is 0 Å². The summed E-state index contributed by atoms with van der Waals surface area (Å²) in [6.07, 6.45) is 0. The molecule has 122 valence electrons. The highest BCUT2D eigenvalue weighted by atomic mass is 35.5. The molecule has 0 aromatic heterocycles. The van der Waals surface area contributed by atoms with Crippen molar-refractivity contribution in [2.45, 2.75) is 19.7 Å². The molecule has 0 saturated carbocycles. The number of hydrogen-bond acceptors (Lipinski definition) is 2. The Morgan fingerprint density at radius 2 is 1.78 bits per heavy atom. The number of aliphatic imine (C=N–C) groups is 1. The molecule has 0 aliphatic heterocycles. The Morgan fingerprint density at radius 3 is 2.52 bits per heavy atom. The third kappa shape index (κ3) is 5.58. The van der Waals surface area contributed by atoms with Crippen molar-refractivity contribution in [1.82, 2.24) is 10.6 Å². The third-order valence-corrected chi connectivity index (χ3v) is 3.76. The normalized spacial score (nSPS) is 11.3. The molecule has 0 bridgehead atoms. The van der Waals surface area contributed by atoms with Crippen molar-refractivity contribution in [2.75, 3.05) is 14.2 Å². The smallest absolute Gasteiger partial charge is 0.191 e. The predicted molar refractivity (Wildman–Crippen MR) is 95.6 cm³/mol. The molecule has 0 spiro atoms. The van der Waals surface area contributed by atoms with Crippen LogP contribution >= 0.6 is 11.6 Å². The quantitative estimate of drug-likeness (QED) is 0.630. The molecule has 0 unspecified atom stereocenters. The summed E-state index contributed by atoms with van der Waals surface area (Å²) in [5, 5.41) is 7.32. The summed E-state index contributed by atoms with van der Waals surface area (Å²) in [6.45, 7) is 1.94. The lowest BCUT2D eigenvalue weighted by Crippen LogP contribution is -2.36. The lowest BCUT2D eigenvalue weighted by atomic mass is 10.1. The van der Waals surface area contributed by atoms with Crippen molar-refractivity contribution < 1.29 is 4.74 Å². The molecule has 5 heteroatoms. The largest absolute Gasteiger partial charge is 0.380 e. The van der Waals surface area contributed by atoms with Gasteiger partial charge in [0.1, 0.15) is 0 Å². The number of rotatable bonds is 6. The Hall–Kier alpha value is -2.04. The van der Waals surface area contributed by atoms with Crippen molar-refractivity contribution in [1.29, 1.82) is 0 Å². The van der Waals surface area contributed by atoms with Crippen molar-refractivity contribution in [2.24, 2.45) is 4.99 Å². The fraction of sp³-hybridized carbons (Fsp3) is 0.278. The maximum Gasteiger partial charge on any atom is 0.191 e. The Bertz CT molecular complexity index is 658. The van der Waals surface area contributed by atoms with Gasteiger partial charge in [0.05, 0.1) is 6.61 Å². The fourth-order valence-corrected chi connectivity index (χ4v) is 2.43. The molecule has 0 aliphatic carbocycles. The molecule has 2 rings (SSSR count). The van der Waals surface area contributed by atoms with Gasteiger partial charge >= 0.3 is 0 Å². The third-order valence-electron chi connectivity index (χ3n) is 3.39. The Kier molecular flexibility index (Phi) is 6.91. The van der Waals surface area contributed by atoms with E-state index in [0.29, 0.717) is 19.7 Å². The number of nitrogens with zero attached hydrogens (tertiary/aromatic N) is 1. The van der Waals surface area contributed by atoms with Crippen molar-refractivity contribution in [3.05, 3.63) is 70.2 Å². The zero-order valence-electron chi connectivity index (χ0n) is 13.5. The van der Waals surface area contributed by atoms with Crippen LogP contribution in [0, 0.1) is 0 Å². The second-order valence-corrected chi connectivity index (χ2v) is 5.53. The van der Waals surface area contributed by atoms with E-state index in [1.165, 1.54) is 5.56 Å². The number of halogens is 1. The average molecular weight is 332 g/mol. The molecule has 2 aromatic rings. The van der Waals surface area contributed by atoms with Gasteiger partial charge in [-0.3, -0.25) is 4.99 Å². The summed E-state index contributed by atoms with van der Waals surface area (Å²) in [5.41, 5.74) is 3.38. The van der Waals surface area contributed by atoms with Crippen LogP contribution in [0.5, 0.6) is 0 Å². The highest BCUT2D eigenvalue weighted by Crippen LogP contribution is 2.14. The molecule has 23 heavy (non-hydrogen) atoms. The van der Waals surface area contributed by atoms with Crippen LogP contribution in [0.3, 0.4) is 0 Å². The first kappa shape index (κ1) is 17.3. The van der Waals surface area contributed by atoms with Gasteiger partial charge in [0.25, 0.3) is 0 Å². The van der Waals surface area contributed by atoms with Crippen LogP contribution in [-0.2, 0) is 24.4 Å². The van der Waals surface area contributed by atoms with Crippen molar-refractivity contribution in [3.8, 4) is 0 Å². The first-order valence-corrected chi connectivity index (χ1v) is 7.85. The minimum absolute atomic E-state index is 0.618. The SMILES string of the molecule is CN=C(NCc1cccc(COC)c1)NCc1ccccc1Cl. The molecule has 2 aromatic carbocycles. The summed E-state index contributed by atoms with van der Waals surface area (Å²) in [6, 6.07) is 16.1. The standard InChI is InChI=1S/C18H22ClN3O/c1-20-18(22-12-16-8-3-4-9-17(16)19)21-11-14-6-5-7-15(10-14)13-23-2/h3-10H,11-13H2,1-2H3,(H2,20,21,22). The molecule has 0 saturated heterocycles. The molecule has 4 nitrogen and oxygen atoms in total. The van der Waals surface area contributed by atoms with Gasteiger partial charge in [-0.05, 0) is 22.8 Å². The van der Waals surface area contributed by atoms with Crippen molar-refractivity contribution in [3.63, 3.8) is 0 Å². The molecule has 0 amide bonds. The number of hydrogen-bond donors (Lipinski definition) is 2. The second-order valence-electron chi connectivity index (χ2n) is 5.12. The van der Waals surface area contributed by atoms with E-state index in [1.54, 1.807) is 14.2 Å². The maximum absolute atomic E-state index is 6.16. The topological polar surface area (TPSA) is 45.7 Å². The van der Waals surface area contributed by atoms with E-state index in [9.17, 15) is 0 Å². The molecule has 0 radical (unpaired) electrons. The van der Waals surface area contributed by atoms with E-state index >= 15 is 0 Å². The molecule has 0 fully saturated rings. The summed E-state index contributed by atoms with van der Waals surface area (Å²) in [4.78, 5) is 4.23. The van der Waals surface area contributed by atoms with E-state index in [4.69, 9.17) is 16.3 Å². The molecule has 0 heterocycles. The van der Waals surface area contributed by atoms with E-state index in [2.05, 4.69) is 33.8 Å². The zero-order chi connectivity index (χ0) is 16.5. The van der Waals surface area contributed by atoms with Gasteiger partial charge in [0, 0.05) is 32.3 Å². The van der Waals surface area contributed by atoms with Gasteiger partial charge < -0.3 is 15.4 Å². The molecule has 0 aliphatic rings. The highest BCUT2D eigenvalue weighted by Gasteiger charge is 2.02. The Morgan fingerprint density at radius 1 is 1.04 bits per heavy atom. The minimum atomic E-state index is 0.618. The van der Waals surface area contributed by atoms with E-state index in [1.807, 2.05) is 30.3 Å². The fourth-order valence-electron chi connectivity index (χ4n) is 2.22. The predicted octanol–water partition coefficient (Wildman–Crippen LogP) is 3.35. The monoisotopic (exact) mass is 331 g/mol. The van der Waals surface area contributed by atoms with Gasteiger partial charge in [0.15, 0.2) is 5.96 Å². The number of benzene rings is 2. The summed E-state index contributed by atoms with van der Waals surface area (Å²) >= 11 is 6.16. The Labute approximate surface area is 142 Å². The molecule has 0 atom stereocenters. The van der Waals surface area contributed by atoms with Gasteiger partial charge in [0.2, 0.25) is 0 Å². The molecular weight excluding hydrogens is 310 g/mol. The summed E-state index contributed by atoms with van der Waals surface area (Å²) in [7, 11) is 3.45. The van der Waals surface area contributed by atoms with Crippen LogP contribution in [-0.4, -0.2) is 20.1 Å². The van der Waals surface area contributed by atoms with E-state index in [-0.39, 0.29) is 0 Å². The Balaban J connectivity index is 1.88.